The van der Waals surface area contributed by atoms with Gasteiger partial charge in [-0.2, -0.15) is 0 Å². The number of hydrogen-bond acceptors (Lipinski definition) is 5. The van der Waals surface area contributed by atoms with Gasteiger partial charge >= 0.3 is 0 Å². The fraction of sp³-hybridized carbons (Fsp3) is 0.769. The zero-order valence-electron chi connectivity index (χ0n) is 11.7. The molecule has 6 heteroatoms. The van der Waals surface area contributed by atoms with E-state index in [1.807, 2.05) is 4.68 Å². The Labute approximate surface area is 119 Å². The molecule has 0 bridgehead atoms. The lowest BCUT2D eigenvalue weighted by molar-refractivity contribution is 0.481. The van der Waals surface area contributed by atoms with Crippen LogP contribution in [0.2, 0.25) is 0 Å². The van der Waals surface area contributed by atoms with Crippen LogP contribution >= 0.6 is 11.8 Å². The Morgan fingerprint density at radius 2 is 2.42 bits per heavy atom. The average molecular weight is 281 g/mol. The highest BCUT2D eigenvalue weighted by atomic mass is 32.2. The van der Waals surface area contributed by atoms with Crippen molar-refractivity contribution in [3.63, 3.8) is 0 Å². The molecule has 1 N–H and O–H groups in total. The Hall–Kier alpha value is -0.880. The lowest BCUT2D eigenvalue weighted by atomic mass is 10.1. The third-order valence-electron chi connectivity index (χ3n) is 3.02. The van der Waals surface area contributed by atoms with E-state index in [-0.39, 0.29) is 0 Å². The number of allylic oxidation sites excluding steroid dienone is 1. The van der Waals surface area contributed by atoms with E-state index in [1.165, 1.54) is 19.3 Å². The van der Waals surface area contributed by atoms with Crippen molar-refractivity contribution in [3.8, 4) is 0 Å². The van der Waals surface area contributed by atoms with Crippen LogP contribution in [0.15, 0.2) is 17.3 Å². The minimum atomic E-state index is 0.530. The molecule has 0 fully saturated rings. The third kappa shape index (κ3) is 4.95. The van der Waals surface area contributed by atoms with Crippen LogP contribution in [0.25, 0.3) is 0 Å². The second-order valence-corrected chi connectivity index (χ2v) is 6.50. The summed E-state index contributed by atoms with van der Waals surface area (Å²) in [5.74, 6) is 0.676. The second-order valence-electron chi connectivity index (χ2n) is 5.30. The summed E-state index contributed by atoms with van der Waals surface area (Å²) in [6, 6.07) is 0. The van der Waals surface area contributed by atoms with Gasteiger partial charge in [0.25, 0.3) is 0 Å². The second kappa shape index (κ2) is 7.65. The first-order valence-corrected chi connectivity index (χ1v) is 7.94. The number of nitrogens with one attached hydrogen (secondary N) is 1. The van der Waals surface area contributed by atoms with E-state index in [0.717, 1.165) is 24.8 Å². The van der Waals surface area contributed by atoms with Crippen molar-refractivity contribution in [1.29, 1.82) is 0 Å². The average Bonchev–Trinajstić information content (AvgIpc) is 2.83. The number of aromatic nitrogens is 4. The normalized spacial score (nSPS) is 19.2. The molecule has 0 saturated heterocycles. The first-order chi connectivity index (χ1) is 9.25. The lowest BCUT2D eigenvalue weighted by Crippen LogP contribution is -2.24. The number of nitrogens with zero attached hydrogens (tertiary/aromatic N) is 4. The lowest BCUT2D eigenvalue weighted by Gasteiger charge is -2.15. The fourth-order valence-corrected chi connectivity index (χ4v) is 3.09. The molecule has 2 rings (SSSR count). The number of hydrogen-bond donors (Lipinski definition) is 1. The van der Waals surface area contributed by atoms with Crippen LogP contribution in [0.4, 0.5) is 0 Å². The Bertz CT molecular complexity index is 401. The first kappa shape index (κ1) is 14.5. The Balaban J connectivity index is 1.80. The molecule has 0 spiro atoms. The highest BCUT2D eigenvalue weighted by Gasteiger charge is 2.14. The van der Waals surface area contributed by atoms with E-state index in [4.69, 9.17) is 0 Å². The van der Waals surface area contributed by atoms with Crippen LogP contribution in [0.3, 0.4) is 0 Å². The van der Waals surface area contributed by atoms with Gasteiger partial charge in [0.15, 0.2) is 0 Å². The molecule has 0 saturated carbocycles. The zero-order valence-corrected chi connectivity index (χ0v) is 12.6. The van der Waals surface area contributed by atoms with Crippen LogP contribution in [0.5, 0.6) is 0 Å². The van der Waals surface area contributed by atoms with E-state index in [9.17, 15) is 0 Å². The topological polar surface area (TPSA) is 55.6 Å². The van der Waals surface area contributed by atoms with Crippen molar-refractivity contribution in [2.24, 2.45) is 5.92 Å². The van der Waals surface area contributed by atoms with Crippen LogP contribution in [-0.4, -0.2) is 38.5 Å². The molecule has 19 heavy (non-hydrogen) atoms. The summed E-state index contributed by atoms with van der Waals surface area (Å²) in [7, 11) is 0. The Morgan fingerprint density at radius 3 is 3.16 bits per heavy atom. The van der Waals surface area contributed by atoms with Gasteiger partial charge in [-0.1, -0.05) is 37.8 Å². The van der Waals surface area contributed by atoms with Gasteiger partial charge in [-0.3, -0.25) is 0 Å². The quantitative estimate of drug-likeness (QED) is 0.613. The smallest absolute Gasteiger partial charge is 0.209 e. The zero-order chi connectivity index (χ0) is 13.5. The van der Waals surface area contributed by atoms with Gasteiger partial charge in [-0.15, -0.1) is 5.10 Å². The van der Waals surface area contributed by atoms with Crippen molar-refractivity contribution in [1.82, 2.24) is 25.5 Å². The van der Waals surface area contributed by atoms with E-state index in [0.29, 0.717) is 11.2 Å². The third-order valence-corrected chi connectivity index (χ3v) is 4.22. The Kier molecular flexibility index (Phi) is 5.85. The van der Waals surface area contributed by atoms with Crippen LogP contribution in [0.1, 0.15) is 33.1 Å². The molecule has 1 unspecified atom stereocenters. The predicted octanol–water partition coefficient (Wildman–Crippen LogP) is 2.12. The van der Waals surface area contributed by atoms with Crippen molar-refractivity contribution < 1.29 is 0 Å². The minimum absolute atomic E-state index is 0.530. The summed E-state index contributed by atoms with van der Waals surface area (Å²) in [5.41, 5.74) is 0. The summed E-state index contributed by atoms with van der Waals surface area (Å²) in [5, 5.41) is 16.9. The van der Waals surface area contributed by atoms with Gasteiger partial charge in [-0.05, 0) is 42.2 Å². The minimum Gasteiger partial charge on any atom is -0.315 e. The van der Waals surface area contributed by atoms with E-state index >= 15 is 0 Å². The van der Waals surface area contributed by atoms with E-state index in [1.54, 1.807) is 11.8 Å². The molecular formula is C13H23N5S. The molecular weight excluding hydrogens is 258 g/mol. The monoisotopic (exact) mass is 281 g/mol. The predicted molar refractivity (Wildman–Crippen MR) is 78.2 cm³/mol. The van der Waals surface area contributed by atoms with Gasteiger partial charge < -0.3 is 5.32 Å². The molecule has 1 atom stereocenters. The first-order valence-electron chi connectivity index (χ1n) is 7.06. The molecule has 106 valence electrons. The number of thioether (sulfide) groups is 1. The molecule has 0 aromatic carbocycles. The Morgan fingerprint density at radius 1 is 1.53 bits per heavy atom. The van der Waals surface area contributed by atoms with Gasteiger partial charge in [0, 0.05) is 11.8 Å². The van der Waals surface area contributed by atoms with Crippen LogP contribution in [-0.2, 0) is 6.54 Å². The van der Waals surface area contributed by atoms with E-state index < -0.39 is 0 Å². The summed E-state index contributed by atoms with van der Waals surface area (Å²) in [4.78, 5) is 0. The molecule has 1 aliphatic carbocycles. The largest absolute Gasteiger partial charge is 0.315 e. The van der Waals surface area contributed by atoms with E-state index in [2.05, 4.69) is 46.8 Å². The molecule has 5 nitrogen and oxygen atoms in total. The molecule has 0 radical (unpaired) electrons. The molecule has 1 heterocycles. The maximum Gasteiger partial charge on any atom is 0.209 e. The highest BCUT2D eigenvalue weighted by Crippen LogP contribution is 2.28. The number of rotatable bonds is 7. The van der Waals surface area contributed by atoms with Crippen LogP contribution in [0, 0.1) is 5.92 Å². The maximum atomic E-state index is 4.13. The molecule has 0 amide bonds. The van der Waals surface area contributed by atoms with Crippen LogP contribution < -0.4 is 5.32 Å². The van der Waals surface area contributed by atoms with Gasteiger partial charge in [-0.25, -0.2) is 4.68 Å². The summed E-state index contributed by atoms with van der Waals surface area (Å²) < 4.78 is 1.90. The van der Waals surface area contributed by atoms with Gasteiger partial charge in [0.05, 0.1) is 6.54 Å². The van der Waals surface area contributed by atoms with Crippen molar-refractivity contribution >= 4 is 11.8 Å². The van der Waals surface area contributed by atoms with Crippen molar-refractivity contribution in [2.75, 3.05) is 13.1 Å². The fourth-order valence-electron chi connectivity index (χ4n) is 2.01. The van der Waals surface area contributed by atoms with Gasteiger partial charge in [0.1, 0.15) is 0 Å². The molecule has 1 aromatic rings. The molecule has 1 aromatic heterocycles. The standard InChI is InChI=1S/C13H23N5S/c1-11(2)10-14-8-9-18-13(15-16-17-18)19-12-6-4-3-5-7-12/h4,6,11-12,14H,3,5,7-10H2,1-2H3. The number of tetrazole rings is 1. The summed E-state index contributed by atoms with van der Waals surface area (Å²) in [6.45, 7) is 7.20. The molecule has 1 aliphatic rings. The summed E-state index contributed by atoms with van der Waals surface area (Å²) in [6.07, 6.45) is 8.25. The SMILES string of the molecule is CC(C)CNCCn1nnnc1SC1C=CCCC1. The molecule has 0 aliphatic heterocycles. The summed E-state index contributed by atoms with van der Waals surface area (Å²) >= 11 is 1.77. The highest BCUT2D eigenvalue weighted by molar-refractivity contribution is 7.99. The van der Waals surface area contributed by atoms with Gasteiger partial charge in [0.2, 0.25) is 5.16 Å². The van der Waals surface area contributed by atoms with Crippen molar-refractivity contribution in [2.45, 2.75) is 50.1 Å². The maximum absolute atomic E-state index is 4.13. The van der Waals surface area contributed by atoms with Crippen molar-refractivity contribution in [3.05, 3.63) is 12.2 Å².